The van der Waals surface area contributed by atoms with Gasteiger partial charge in [-0.2, -0.15) is 0 Å². The minimum atomic E-state index is -1.19. The van der Waals surface area contributed by atoms with E-state index in [0.29, 0.717) is 5.92 Å². The maximum absolute atomic E-state index is 12.9. The average Bonchev–Trinajstić information content (AvgIpc) is 3.16. The normalized spacial score (nSPS) is 23.5. The molecule has 2 aromatic carbocycles. The zero-order chi connectivity index (χ0) is 23.7. The van der Waals surface area contributed by atoms with Crippen molar-refractivity contribution in [2.24, 2.45) is 5.92 Å². The van der Waals surface area contributed by atoms with Crippen molar-refractivity contribution < 1.29 is 24.2 Å². The number of carbonyl (C=O) groups is 3. The number of hydrogen-bond acceptors (Lipinski definition) is 5. The molecule has 3 fully saturated rings. The monoisotopic (exact) mass is 463 g/mol. The van der Waals surface area contributed by atoms with Gasteiger partial charge in [0.25, 0.3) is 0 Å². The Morgan fingerprint density at radius 2 is 1.62 bits per heavy atom. The van der Waals surface area contributed by atoms with E-state index in [0.717, 1.165) is 54.7 Å². The minimum Gasteiger partial charge on any atom is -0.481 e. The Labute approximate surface area is 198 Å². The van der Waals surface area contributed by atoms with Crippen LogP contribution in [0.15, 0.2) is 48.5 Å². The molecule has 6 rings (SSSR count). The molecular formula is C26H29N3O5. The summed E-state index contributed by atoms with van der Waals surface area (Å²) in [4.78, 5) is 39.2. The molecule has 8 heteroatoms. The van der Waals surface area contributed by atoms with Crippen LogP contribution in [0.3, 0.4) is 0 Å². The van der Waals surface area contributed by atoms with E-state index < -0.39 is 30.4 Å². The van der Waals surface area contributed by atoms with Crippen molar-refractivity contribution in [3.63, 3.8) is 0 Å². The number of benzene rings is 2. The third kappa shape index (κ3) is 4.50. The van der Waals surface area contributed by atoms with Gasteiger partial charge in [-0.3, -0.25) is 9.59 Å². The lowest BCUT2D eigenvalue weighted by Gasteiger charge is -2.45. The van der Waals surface area contributed by atoms with E-state index >= 15 is 0 Å². The predicted octanol–water partition coefficient (Wildman–Crippen LogP) is 2.58. The van der Waals surface area contributed by atoms with E-state index in [1.165, 1.54) is 0 Å². The molecule has 3 N–H and O–H groups in total. The second-order valence-corrected chi connectivity index (χ2v) is 9.37. The highest BCUT2D eigenvalue weighted by Crippen LogP contribution is 2.44. The maximum atomic E-state index is 12.9. The van der Waals surface area contributed by atoms with Crippen molar-refractivity contribution in [2.75, 3.05) is 26.2 Å². The smallest absolute Gasteiger partial charge is 0.407 e. The Kier molecular flexibility index (Phi) is 6.24. The molecule has 1 aliphatic carbocycles. The van der Waals surface area contributed by atoms with E-state index in [-0.39, 0.29) is 18.6 Å². The van der Waals surface area contributed by atoms with Crippen LogP contribution >= 0.6 is 0 Å². The van der Waals surface area contributed by atoms with Crippen LogP contribution in [-0.4, -0.2) is 66.3 Å². The summed E-state index contributed by atoms with van der Waals surface area (Å²) in [6.07, 6.45) is 0.747. The van der Waals surface area contributed by atoms with E-state index in [1.54, 1.807) is 0 Å². The molecule has 2 unspecified atom stereocenters. The molecule has 2 aromatic rings. The third-order valence-corrected chi connectivity index (χ3v) is 7.31. The Morgan fingerprint density at radius 3 is 2.18 bits per heavy atom. The number of carboxylic acids is 1. The quantitative estimate of drug-likeness (QED) is 0.583. The van der Waals surface area contributed by atoms with Crippen LogP contribution in [0.4, 0.5) is 4.79 Å². The van der Waals surface area contributed by atoms with Gasteiger partial charge in [0.1, 0.15) is 12.6 Å². The number of amides is 2. The number of alkyl carbamates (subject to hydrolysis) is 1. The van der Waals surface area contributed by atoms with Crippen molar-refractivity contribution in [2.45, 2.75) is 37.3 Å². The number of rotatable bonds is 7. The first-order valence-electron chi connectivity index (χ1n) is 11.9. The highest BCUT2D eigenvalue weighted by molar-refractivity contribution is 5.89. The molecular weight excluding hydrogens is 434 g/mol. The summed E-state index contributed by atoms with van der Waals surface area (Å²) in [6, 6.07) is 14.8. The molecule has 2 bridgehead atoms. The molecule has 3 aliphatic heterocycles. The summed E-state index contributed by atoms with van der Waals surface area (Å²) in [7, 11) is 0. The fraction of sp³-hybridized carbons (Fsp3) is 0.423. The van der Waals surface area contributed by atoms with E-state index in [9.17, 15) is 19.5 Å². The summed E-state index contributed by atoms with van der Waals surface area (Å²) in [5.41, 5.74) is 4.40. The second-order valence-electron chi connectivity index (χ2n) is 9.37. The van der Waals surface area contributed by atoms with Gasteiger partial charge >= 0.3 is 12.1 Å². The van der Waals surface area contributed by atoms with Crippen molar-refractivity contribution in [1.82, 2.24) is 15.5 Å². The number of nitrogens with zero attached hydrogens (tertiary/aromatic N) is 1. The van der Waals surface area contributed by atoms with Crippen LogP contribution < -0.4 is 10.6 Å². The molecule has 3 saturated heterocycles. The molecule has 0 saturated carbocycles. The van der Waals surface area contributed by atoms with Crippen molar-refractivity contribution >= 4 is 18.0 Å². The number of carboxylic acid groups (broad SMARTS) is 1. The molecule has 0 spiro atoms. The summed E-state index contributed by atoms with van der Waals surface area (Å²) in [5, 5.41) is 14.8. The predicted molar refractivity (Wildman–Crippen MR) is 125 cm³/mol. The number of ether oxygens (including phenoxy) is 1. The van der Waals surface area contributed by atoms with Crippen LogP contribution in [-0.2, 0) is 14.3 Å². The van der Waals surface area contributed by atoms with Crippen molar-refractivity contribution in [3.05, 3.63) is 59.7 Å². The molecule has 0 radical (unpaired) electrons. The van der Waals surface area contributed by atoms with Gasteiger partial charge in [-0.1, -0.05) is 48.5 Å². The number of piperidine rings is 3. The first-order chi connectivity index (χ1) is 16.5. The van der Waals surface area contributed by atoms with Gasteiger partial charge in [0.05, 0.1) is 6.42 Å². The summed E-state index contributed by atoms with van der Waals surface area (Å²) in [6.45, 7) is 2.93. The van der Waals surface area contributed by atoms with Gasteiger partial charge < -0.3 is 25.4 Å². The Balaban J connectivity index is 1.22. The van der Waals surface area contributed by atoms with Crippen LogP contribution in [0.1, 0.15) is 36.3 Å². The van der Waals surface area contributed by atoms with Crippen LogP contribution in [0.2, 0.25) is 0 Å². The first-order valence-corrected chi connectivity index (χ1v) is 11.9. The zero-order valence-corrected chi connectivity index (χ0v) is 18.9. The topological polar surface area (TPSA) is 108 Å². The fourth-order valence-electron chi connectivity index (χ4n) is 5.58. The number of nitrogens with one attached hydrogen (secondary N) is 2. The number of carbonyl (C=O) groups excluding carboxylic acids is 2. The van der Waals surface area contributed by atoms with Crippen molar-refractivity contribution in [3.8, 4) is 11.1 Å². The molecule has 8 nitrogen and oxygen atoms in total. The zero-order valence-electron chi connectivity index (χ0n) is 18.9. The molecule has 2 amide bonds. The minimum absolute atomic E-state index is 0.0180. The van der Waals surface area contributed by atoms with Crippen LogP contribution in [0.25, 0.3) is 11.1 Å². The third-order valence-electron chi connectivity index (χ3n) is 7.31. The standard InChI is InChI=1S/C26H29N3O5/c30-24(31)13-22(25(32)27-23-14-29-11-9-16(23)10-12-29)28-26(33)34-15-21-19-7-3-1-5-17(19)18-6-2-4-8-20(18)21/h1-8,16,21-23H,9-15H2,(H,27,32)(H,28,33)(H,30,31). The average molecular weight is 464 g/mol. The fourth-order valence-corrected chi connectivity index (χ4v) is 5.58. The molecule has 178 valence electrons. The number of hydrogen-bond donors (Lipinski definition) is 3. The summed E-state index contributed by atoms with van der Waals surface area (Å²) >= 11 is 0. The van der Waals surface area contributed by atoms with E-state index in [2.05, 4.69) is 27.7 Å². The first kappa shape index (κ1) is 22.4. The number of aliphatic carboxylic acids is 1. The molecule has 34 heavy (non-hydrogen) atoms. The lowest BCUT2D eigenvalue weighted by molar-refractivity contribution is -0.140. The summed E-state index contributed by atoms with van der Waals surface area (Å²) in [5.74, 6) is -1.35. The second kappa shape index (κ2) is 9.46. The van der Waals surface area contributed by atoms with Crippen LogP contribution in [0.5, 0.6) is 0 Å². The lowest BCUT2D eigenvalue weighted by atomic mass is 9.84. The van der Waals surface area contributed by atoms with Crippen LogP contribution in [0, 0.1) is 5.92 Å². The van der Waals surface area contributed by atoms with Gasteiger partial charge in [-0.15, -0.1) is 0 Å². The molecule has 0 aromatic heterocycles. The maximum Gasteiger partial charge on any atom is 0.407 e. The van der Waals surface area contributed by atoms with E-state index in [1.807, 2.05) is 36.4 Å². The molecule has 2 atom stereocenters. The SMILES string of the molecule is O=C(O)CC(NC(=O)OCC1c2ccccc2-c2ccccc21)C(=O)NC1CN2CCC1CC2. The Bertz CT molecular complexity index is 1050. The molecule has 3 heterocycles. The highest BCUT2D eigenvalue weighted by atomic mass is 16.5. The number of fused-ring (bicyclic) bond motifs is 6. The lowest BCUT2D eigenvalue weighted by Crippen LogP contribution is -2.60. The van der Waals surface area contributed by atoms with Gasteiger partial charge in [-0.05, 0) is 54.1 Å². The van der Waals surface area contributed by atoms with Gasteiger partial charge in [-0.25, -0.2) is 4.79 Å². The largest absolute Gasteiger partial charge is 0.481 e. The highest BCUT2D eigenvalue weighted by Gasteiger charge is 2.37. The van der Waals surface area contributed by atoms with Gasteiger partial charge in [0, 0.05) is 18.5 Å². The Morgan fingerprint density at radius 1 is 1.00 bits per heavy atom. The Hall–Kier alpha value is -3.39. The van der Waals surface area contributed by atoms with Gasteiger partial charge in [0.15, 0.2) is 0 Å². The molecule has 4 aliphatic rings. The van der Waals surface area contributed by atoms with Crippen molar-refractivity contribution in [1.29, 1.82) is 0 Å². The van der Waals surface area contributed by atoms with E-state index in [4.69, 9.17) is 4.74 Å². The summed E-state index contributed by atoms with van der Waals surface area (Å²) < 4.78 is 5.51. The van der Waals surface area contributed by atoms with Gasteiger partial charge in [0.2, 0.25) is 5.91 Å².